The first kappa shape index (κ1) is 15.9. The van der Waals surface area contributed by atoms with E-state index in [1.54, 1.807) is 11.0 Å². The van der Waals surface area contributed by atoms with Gasteiger partial charge in [0.15, 0.2) is 11.5 Å². The molecule has 1 aromatic carbocycles. The predicted molar refractivity (Wildman–Crippen MR) is 82.3 cm³/mol. The minimum absolute atomic E-state index is 0.0100. The molecular weight excluding hydrogens is 323 g/mol. The van der Waals surface area contributed by atoms with Crippen molar-refractivity contribution in [2.75, 3.05) is 19.8 Å². The van der Waals surface area contributed by atoms with E-state index in [-0.39, 0.29) is 28.4 Å². The minimum Gasteiger partial charge on any atom is -0.380 e. The Labute approximate surface area is 137 Å². The summed E-state index contributed by atoms with van der Waals surface area (Å²) in [5.74, 6) is -0.841. The lowest BCUT2D eigenvalue weighted by Gasteiger charge is -2.25. The Morgan fingerprint density at radius 1 is 1.43 bits per heavy atom. The molecule has 0 bridgehead atoms. The van der Waals surface area contributed by atoms with E-state index < -0.39 is 5.82 Å². The highest BCUT2D eigenvalue weighted by Gasteiger charge is 2.26. The van der Waals surface area contributed by atoms with E-state index in [1.807, 2.05) is 6.92 Å². The lowest BCUT2D eigenvalue weighted by molar-refractivity contribution is 0.0681. The van der Waals surface area contributed by atoms with Crippen LogP contribution in [0.4, 0.5) is 4.39 Å². The van der Waals surface area contributed by atoms with E-state index in [4.69, 9.17) is 16.3 Å². The standard InChI is InChI=1S/C15H16ClFN4O2/c1-10-5-7-23-8-6-20(10)15(22)12-9-21(19-18-12)13-4-2-3-11(16)14(13)17/h2-4,9-10H,5-8H2,1H3. The van der Waals surface area contributed by atoms with Crippen molar-refractivity contribution >= 4 is 17.5 Å². The Kier molecular flexibility index (Phi) is 4.58. The Balaban J connectivity index is 1.86. The number of hydrogen-bond acceptors (Lipinski definition) is 4. The molecule has 23 heavy (non-hydrogen) atoms. The summed E-state index contributed by atoms with van der Waals surface area (Å²) in [5, 5.41) is 7.71. The number of amides is 1. The number of nitrogens with zero attached hydrogens (tertiary/aromatic N) is 4. The van der Waals surface area contributed by atoms with E-state index in [0.29, 0.717) is 19.8 Å². The van der Waals surface area contributed by atoms with Gasteiger partial charge in [0.2, 0.25) is 0 Å². The maximum Gasteiger partial charge on any atom is 0.276 e. The van der Waals surface area contributed by atoms with Gasteiger partial charge in [-0.3, -0.25) is 4.79 Å². The van der Waals surface area contributed by atoms with Crippen LogP contribution in [0.5, 0.6) is 0 Å². The monoisotopic (exact) mass is 338 g/mol. The number of halogens is 2. The van der Waals surface area contributed by atoms with Crippen LogP contribution in [0.3, 0.4) is 0 Å². The molecule has 3 rings (SSSR count). The van der Waals surface area contributed by atoms with Gasteiger partial charge in [-0.2, -0.15) is 0 Å². The van der Waals surface area contributed by atoms with Crippen LogP contribution in [0.1, 0.15) is 23.8 Å². The quantitative estimate of drug-likeness (QED) is 0.843. The molecule has 0 N–H and O–H groups in total. The molecule has 1 saturated heterocycles. The number of aromatic nitrogens is 3. The molecule has 1 unspecified atom stereocenters. The average molecular weight is 339 g/mol. The Hall–Kier alpha value is -1.99. The van der Waals surface area contributed by atoms with E-state index >= 15 is 0 Å². The third-order valence-corrected chi connectivity index (χ3v) is 4.13. The van der Waals surface area contributed by atoms with Gasteiger partial charge in [0, 0.05) is 19.2 Å². The van der Waals surface area contributed by atoms with Crippen LogP contribution in [-0.4, -0.2) is 51.6 Å². The largest absolute Gasteiger partial charge is 0.380 e. The summed E-state index contributed by atoms with van der Waals surface area (Å²) in [4.78, 5) is 14.3. The van der Waals surface area contributed by atoms with Gasteiger partial charge in [-0.15, -0.1) is 5.10 Å². The van der Waals surface area contributed by atoms with E-state index in [0.717, 1.165) is 6.42 Å². The molecule has 1 amide bonds. The van der Waals surface area contributed by atoms with Crippen LogP contribution in [0.2, 0.25) is 5.02 Å². The summed E-state index contributed by atoms with van der Waals surface area (Å²) in [6, 6.07) is 4.63. The predicted octanol–water partition coefficient (Wildman–Crippen LogP) is 2.31. The van der Waals surface area contributed by atoms with Gasteiger partial charge in [0.05, 0.1) is 17.8 Å². The molecule has 1 fully saturated rings. The zero-order valence-electron chi connectivity index (χ0n) is 12.6. The van der Waals surface area contributed by atoms with Crippen LogP contribution in [-0.2, 0) is 4.74 Å². The Morgan fingerprint density at radius 3 is 3.09 bits per heavy atom. The van der Waals surface area contributed by atoms with Crippen LogP contribution in [0.25, 0.3) is 5.69 Å². The number of hydrogen-bond donors (Lipinski definition) is 0. The number of carbonyl (C=O) groups excluding carboxylic acids is 1. The molecule has 1 aromatic heterocycles. The van der Waals surface area contributed by atoms with Crippen molar-refractivity contribution in [1.82, 2.24) is 19.9 Å². The summed E-state index contributed by atoms with van der Waals surface area (Å²) in [6.07, 6.45) is 2.18. The molecule has 0 spiro atoms. The maximum absolute atomic E-state index is 14.0. The van der Waals surface area contributed by atoms with Crippen molar-refractivity contribution in [3.8, 4) is 5.69 Å². The lowest BCUT2D eigenvalue weighted by atomic mass is 10.2. The Morgan fingerprint density at radius 2 is 2.26 bits per heavy atom. The summed E-state index contributed by atoms with van der Waals surface area (Å²) < 4.78 is 20.6. The van der Waals surface area contributed by atoms with Crippen LogP contribution >= 0.6 is 11.6 Å². The smallest absolute Gasteiger partial charge is 0.276 e. The molecule has 6 nitrogen and oxygen atoms in total. The van der Waals surface area contributed by atoms with Crippen molar-refractivity contribution in [2.24, 2.45) is 0 Å². The zero-order valence-corrected chi connectivity index (χ0v) is 13.3. The van der Waals surface area contributed by atoms with Crippen molar-refractivity contribution in [2.45, 2.75) is 19.4 Å². The van der Waals surface area contributed by atoms with E-state index in [1.165, 1.54) is 23.0 Å². The normalized spacial score (nSPS) is 18.7. The summed E-state index contributed by atoms with van der Waals surface area (Å²) >= 11 is 5.77. The van der Waals surface area contributed by atoms with Crippen molar-refractivity contribution in [1.29, 1.82) is 0 Å². The molecule has 0 aliphatic carbocycles. The molecule has 2 heterocycles. The topological polar surface area (TPSA) is 60.2 Å². The SMILES string of the molecule is CC1CCOCCN1C(=O)c1cn(-c2cccc(Cl)c2F)nn1. The van der Waals surface area contributed by atoms with Crippen LogP contribution < -0.4 is 0 Å². The molecule has 0 saturated carbocycles. The van der Waals surface area contributed by atoms with Gasteiger partial charge >= 0.3 is 0 Å². The molecule has 8 heteroatoms. The van der Waals surface area contributed by atoms with Gasteiger partial charge in [0.1, 0.15) is 5.69 Å². The highest BCUT2D eigenvalue weighted by Crippen LogP contribution is 2.21. The fourth-order valence-electron chi connectivity index (χ4n) is 2.49. The third kappa shape index (κ3) is 3.20. The lowest BCUT2D eigenvalue weighted by Crippen LogP contribution is -2.39. The van der Waals surface area contributed by atoms with E-state index in [9.17, 15) is 9.18 Å². The van der Waals surface area contributed by atoms with Crippen molar-refractivity contribution < 1.29 is 13.9 Å². The summed E-state index contributed by atoms with van der Waals surface area (Å²) in [6.45, 7) is 3.59. The second-order valence-electron chi connectivity index (χ2n) is 5.37. The molecular formula is C15H16ClFN4O2. The number of benzene rings is 1. The molecule has 1 aliphatic rings. The maximum atomic E-state index is 14.0. The van der Waals surface area contributed by atoms with E-state index in [2.05, 4.69) is 10.3 Å². The first-order valence-electron chi connectivity index (χ1n) is 7.33. The highest BCUT2D eigenvalue weighted by molar-refractivity contribution is 6.30. The average Bonchev–Trinajstić information content (AvgIpc) is 2.92. The van der Waals surface area contributed by atoms with Gasteiger partial charge in [-0.1, -0.05) is 22.9 Å². The van der Waals surface area contributed by atoms with Gasteiger partial charge in [-0.05, 0) is 25.5 Å². The first-order chi connectivity index (χ1) is 11.1. The number of ether oxygens (including phenoxy) is 1. The van der Waals surface area contributed by atoms with Gasteiger partial charge in [0.25, 0.3) is 5.91 Å². The second-order valence-corrected chi connectivity index (χ2v) is 5.78. The molecule has 122 valence electrons. The molecule has 1 atom stereocenters. The second kappa shape index (κ2) is 6.64. The zero-order chi connectivity index (χ0) is 16.4. The number of carbonyl (C=O) groups is 1. The van der Waals surface area contributed by atoms with Crippen LogP contribution in [0.15, 0.2) is 24.4 Å². The first-order valence-corrected chi connectivity index (χ1v) is 7.71. The van der Waals surface area contributed by atoms with Crippen LogP contribution in [0, 0.1) is 5.82 Å². The number of rotatable bonds is 2. The Bertz CT molecular complexity index is 721. The fraction of sp³-hybridized carbons (Fsp3) is 0.400. The minimum atomic E-state index is -0.602. The fourth-order valence-corrected chi connectivity index (χ4v) is 2.66. The molecule has 0 radical (unpaired) electrons. The van der Waals surface area contributed by atoms with Crippen molar-refractivity contribution in [3.63, 3.8) is 0 Å². The van der Waals surface area contributed by atoms with Crippen molar-refractivity contribution in [3.05, 3.63) is 40.9 Å². The van der Waals surface area contributed by atoms with Gasteiger partial charge in [-0.25, -0.2) is 9.07 Å². The third-order valence-electron chi connectivity index (χ3n) is 3.84. The molecule has 2 aromatic rings. The molecule has 1 aliphatic heterocycles. The summed E-state index contributed by atoms with van der Waals surface area (Å²) in [7, 11) is 0. The highest BCUT2D eigenvalue weighted by atomic mass is 35.5. The summed E-state index contributed by atoms with van der Waals surface area (Å²) in [5.41, 5.74) is 0.314. The van der Waals surface area contributed by atoms with Gasteiger partial charge < -0.3 is 9.64 Å².